The Morgan fingerprint density at radius 1 is 1.62 bits per heavy atom. The lowest BCUT2D eigenvalue weighted by Gasteiger charge is -2.22. The normalized spacial score (nSPS) is 18.0. The summed E-state index contributed by atoms with van der Waals surface area (Å²) >= 11 is 0. The molecule has 0 aliphatic heterocycles. The zero-order chi connectivity index (χ0) is 6.62. The van der Waals surface area contributed by atoms with Crippen LogP contribution in [0.4, 0.5) is 0 Å². The molecule has 0 saturated heterocycles. The molecule has 0 aliphatic rings. The third kappa shape index (κ3) is 2.99. The van der Waals surface area contributed by atoms with Crippen LogP contribution in [0.25, 0.3) is 0 Å². The van der Waals surface area contributed by atoms with E-state index in [0.717, 1.165) is 12.8 Å². The summed E-state index contributed by atoms with van der Waals surface area (Å²) in [5.74, 6) is 0. The van der Waals surface area contributed by atoms with E-state index in [0.29, 0.717) is 0 Å². The average Bonchev–Trinajstić information content (AvgIpc) is 1.67. The van der Waals surface area contributed by atoms with E-state index in [2.05, 4.69) is 12.2 Å². The quantitative estimate of drug-likeness (QED) is 0.532. The first-order valence-electron chi connectivity index (χ1n) is 3.10. The predicted octanol–water partition coefficient (Wildman–Crippen LogP) is 0.681. The molecule has 0 aromatic rings. The zero-order valence-corrected chi connectivity index (χ0v) is 5.99. The highest BCUT2D eigenvalue weighted by Crippen LogP contribution is 2.01. The van der Waals surface area contributed by atoms with E-state index in [1.807, 2.05) is 14.0 Å². The summed E-state index contributed by atoms with van der Waals surface area (Å²) in [7, 11) is 1.88. The second kappa shape index (κ2) is 3.05. The van der Waals surface area contributed by atoms with Crippen LogP contribution in [0.15, 0.2) is 0 Å². The van der Waals surface area contributed by atoms with Crippen molar-refractivity contribution in [2.45, 2.75) is 32.4 Å². The molecule has 1 atom stereocenters. The lowest BCUT2D eigenvalue weighted by atomic mass is 10.1. The Morgan fingerprint density at radius 2 is 2.12 bits per heavy atom. The molecule has 0 amide bonds. The second-order valence-electron chi connectivity index (χ2n) is 2.42. The van der Waals surface area contributed by atoms with Gasteiger partial charge >= 0.3 is 0 Å². The number of hydrogen-bond acceptors (Lipinski definition) is 2. The van der Waals surface area contributed by atoms with Crippen molar-refractivity contribution in [3.63, 3.8) is 0 Å². The maximum Gasteiger partial charge on any atom is 0.0630 e. The minimum Gasteiger partial charge on any atom is -0.314 e. The summed E-state index contributed by atoms with van der Waals surface area (Å²) < 4.78 is 0. The van der Waals surface area contributed by atoms with Crippen molar-refractivity contribution in [2.75, 3.05) is 7.05 Å². The molecule has 0 rings (SSSR count). The largest absolute Gasteiger partial charge is 0.314 e. The monoisotopic (exact) mass is 116 g/mol. The zero-order valence-electron chi connectivity index (χ0n) is 5.99. The smallest absolute Gasteiger partial charge is 0.0630 e. The minimum atomic E-state index is -0.158. The van der Waals surface area contributed by atoms with E-state index in [-0.39, 0.29) is 5.66 Å². The fourth-order valence-corrected chi connectivity index (χ4v) is 0.644. The van der Waals surface area contributed by atoms with Gasteiger partial charge in [-0.1, -0.05) is 13.3 Å². The van der Waals surface area contributed by atoms with Crippen molar-refractivity contribution >= 4 is 0 Å². The van der Waals surface area contributed by atoms with Gasteiger partial charge < -0.3 is 11.1 Å². The predicted molar refractivity (Wildman–Crippen MR) is 36.6 cm³/mol. The maximum atomic E-state index is 5.72. The average molecular weight is 116 g/mol. The van der Waals surface area contributed by atoms with Crippen molar-refractivity contribution in [3.05, 3.63) is 0 Å². The van der Waals surface area contributed by atoms with Crippen molar-refractivity contribution in [1.82, 2.24) is 5.32 Å². The highest BCUT2D eigenvalue weighted by Gasteiger charge is 2.11. The number of nitrogens with two attached hydrogens (primary N) is 1. The number of nitrogens with one attached hydrogen (secondary N) is 1. The van der Waals surface area contributed by atoms with Gasteiger partial charge in [0.2, 0.25) is 0 Å². The fraction of sp³-hybridized carbons (Fsp3) is 1.00. The SMILES string of the molecule is CCC[C@](C)(N)NC. The van der Waals surface area contributed by atoms with Crippen LogP contribution >= 0.6 is 0 Å². The van der Waals surface area contributed by atoms with Crippen LogP contribution in [0.3, 0.4) is 0 Å². The van der Waals surface area contributed by atoms with E-state index in [1.165, 1.54) is 0 Å². The molecule has 0 radical (unpaired) electrons. The van der Waals surface area contributed by atoms with Gasteiger partial charge in [-0.2, -0.15) is 0 Å². The van der Waals surface area contributed by atoms with E-state index >= 15 is 0 Å². The number of hydrogen-bond donors (Lipinski definition) is 2. The summed E-state index contributed by atoms with van der Waals surface area (Å²) in [6, 6.07) is 0. The fourth-order valence-electron chi connectivity index (χ4n) is 0.644. The molecular formula is C6H16N2. The molecule has 2 nitrogen and oxygen atoms in total. The van der Waals surface area contributed by atoms with E-state index < -0.39 is 0 Å². The van der Waals surface area contributed by atoms with Gasteiger partial charge in [-0.3, -0.25) is 0 Å². The summed E-state index contributed by atoms with van der Waals surface area (Å²) in [4.78, 5) is 0. The van der Waals surface area contributed by atoms with E-state index in [4.69, 9.17) is 5.73 Å². The van der Waals surface area contributed by atoms with Crippen molar-refractivity contribution < 1.29 is 0 Å². The van der Waals surface area contributed by atoms with Gasteiger partial charge in [-0.05, 0) is 20.4 Å². The molecular weight excluding hydrogens is 100 g/mol. The molecule has 3 N–H and O–H groups in total. The molecule has 0 bridgehead atoms. The van der Waals surface area contributed by atoms with Gasteiger partial charge in [0.05, 0.1) is 5.66 Å². The number of rotatable bonds is 3. The molecule has 0 aliphatic carbocycles. The molecule has 0 saturated carbocycles. The van der Waals surface area contributed by atoms with Gasteiger partial charge in [-0.25, -0.2) is 0 Å². The topological polar surface area (TPSA) is 38.0 Å². The molecule has 2 heteroatoms. The molecule has 0 heterocycles. The Balaban J connectivity index is 3.37. The van der Waals surface area contributed by atoms with Crippen LogP contribution in [0.2, 0.25) is 0 Å². The Bertz CT molecular complexity index is 59.5. The second-order valence-corrected chi connectivity index (χ2v) is 2.42. The molecule has 0 unspecified atom stereocenters. The third-order valence-electron chi connectivity index (χ3n) is 1.34. The van der Waals surface area contributed by atoms with Crippen molar-refractivity contribution in [1.29, 1.82) is 0 Å². The molecule has 50 valence electrons. The van der Waals surface area contributed by atoms with Crippen LogP contribution in [0.1, 0.15) is 26.7 Å². The maximum absolute atomic E-state index is 5.72. The summed E-state index contributed by atoms with van der Waals surface area (Å²) in [5.41, 5.74) is 5.56. The lowest BCUT2D eigenvalue weighted by Crippen LogP contribution is -2.48. The Morgan fingerprint density at radius 3 is 2.25 bits per heavy atom. The Hall–Kier alpha value is -0.0800. The minimum absolute atomic E-state index is 0.158. The molecule has 0 spiro atoms. The van der Waals surface area contributed by atoms with Crippen LogP contribution in [-0.2, 0) is 0 Å². The summed E-state index contributed by atoms with van der Waals surface area (Å²) in [6.07, 6.45) is 2.16. The summed E-state index contributed by atoms with van der Waals surface area (Å²) in [6.45, 7) is 4.12. The van der Waals surface area contributed by atoms with Crippen LogP contribution in [-0.4, -0.2) is 12.7 Å². The molecule has 8 heavy (non-hydrogen) atoms. The standard InChI is InChI=1S/C6H16N2/c1-4-5-6(2,7)8-3/h8H,4-5,7H2,1-3H3/t6-/m1/s1. The van der Waals surface area contributed by atoms with Gasteiger partial charge in [0.25, 0.3) is 0 Å². The highest BCUT2D eigenvalue weighted by molar-refractivity contribution is 4.71. The van der Waals surface area contributed by atoms with E-state index in [9.17, 15) is 0 Å². The van der Waals surface area contributed by atoms with E-state index in [1.54, 1.807) is 0 Å². The van der Waals surface area contributed by atoms with Gasteiger partial charge in [0, 0.05) is 0 Å². The Labute approximate surface area is 51.5 Å². The highest BCUT2D eigenvalue weighted by atomic mass is 15.1. The first kappa shape index (κ1) is 7.92. The van der Waals surface area contributed by atoms with Gasteiger partial charge in [-0.15, -0.1) is 0 Å². The van der Waals surface area contributed by atoms with Crippen LogP contribution < -0.4 is 11.1 Å². The molecule has 0 aromatic carbocycles. The Kier molecular flexibility index (Phi) is 3.02. The van der Waals surface area contributed by atoms with Crippen LogP contribution in [0, 0.1) is 0 Å². The van der Waals surface area contributed by atoms with Gasteiger partial charge in [0.15, 0.2) is 0 Å². The third-order valence-corrected chi connectivity index (χ3v) is 1.34. The first-order chi connectivity index (χ1) is 3.62. The summed E-state index contributed by atoms with van der Waals surface area (Å²) in [5, 5.41) is 3.02. The first-order valence-corrected chi connectivity index (χ1v) is 3.10. The molecule has 0 fully saturated rings. The van der Waals surface area contributed by atoms with Crippen molar-refractivity contribution in [2.24, 2.45) is 5.73 Å². The van der Waals surface area contributed by atoms with Crippen molar-refractivity contribution in [3.8, 4) is 0 Å². The molecule has 0 aromatic heterocycles. The van der Waals surface area contributed by atoms with Crippen LogP contribution in [0.5, 0.6) is 0 Å². The van der Waals surface area contributed by atoms with Gasteiger partial charge in [0.1, 0.15) is 0 Å². The lowest BCUT2D eigenvalue weighted by molar-refractivity contribution is 0.367.